The molecule has 0 aliphatic carbocycles. The van der Waals surface area contributed by atoms with Gasteiger partial charge >= 0.3 is 5.97 Å². The number of carbonyl (C=O) groups is 1. The summed E-state index contributed by atoms with van der Waals surface area (Å²) >= 11 is 0. The minimum Gasteiger partial charge on any atom is -0.468 e. The van der Waals surface area contributed by atoms with Gasteiger partial charge in [0.1, 0.15) is 5.54 Å². The van der Waals surface area contributed by atoms with Crippen molar-refractivity contribution in [3.63, 3.8) is 0 Å². The van der Waals surface area contributed by atoms with Gasteiger partial charge in [-0.15, -0.1) is 0 Å². The Morgan fingerprint density at radius 1 is 1.32 bits per heavy atom. The third-order valence-electron chi connectivity index (χ3n) is 4.12. The van der Waals surface area contributed by atoms with E-state index in [1.165, 1.54) is 7.11 Å². The predicted molar refractivity (Wildman–Crippen MR) is 80.3 cm³/mol. The van der Waals surface area contributed by atoms with E-state index >= 15 is 0 Å². The molecule has 0 bridgehead atoms. The number of hydrogen-bond acceptors (Lipinski definition) is 4. The Balaban J connectivity index is 4.80. The molecule has 114 valence electrons. The highest BCUT2D eigenvalue weighted by Gasteiger charge is 2.36. The van der Waals surface area contributed by atoms with E-state index < -0.39 is 5.54 Å². The second-order valence-corrected chi connectivity index (χ2v) is 5.54. The van der Waals surface area contributed by atoms with Gasteiger partial charge in [-0.1, -0.05) is 20.8 Å². The molecule has 4 heteroatoms. The van der Waals surface area contributed by atoms with Gasteiger partial charge in [-0.25, -0.2) is 0 Å². The van der Waals surface area contributed by atoms with Gasteiger partial charge in [0.25, 0.3) is 0 Å². The van der Waals surface area contributed by atoms with Crippen LogP contribution in [0, 0.1) is 0 Å². The van der Waals surface area contributed by atoms with Crippen molar-refractivity contribution in [3.8, 4) is 0 Å². The molecular formula is C15H32N2O2. The molecule has 0 amide bonds. The Kier molecular flexibility index (Phi) is 8.26. The van der Waals surface area contributed by atoms with Gasteiger partial charge in [-0.3, -0.25) is 4.79 Å². The van der Waals surface area contributed by atoms with Crippen LogP contribution >= 0.6 is 0 Å². The predicted octanol–water partition coefficient (Wildman–Crippen LogP) is 2.43. The number of methoxy groups -OCH3 is 1. The summed E-state index contributed by atoms with van der Waals surface area (Å²) in [7, 11) is 3.60. The lowest BCUT2D eigenvalue weighted by molar-refractivity contribution is -0.148. The Morgan fingerprint density at radius 2 is 1.84 bits per heavy atom. The van der Waals surface area contributed by atoms with Crippen molar-refractivity contribution in [2.45, 2.75) is 71.5 Å². The van der Waals surface area contributed by atoms with E-state index in [1.54, 1.807) is 0 Å². The molecule has 0 radical (unpaired) electrons. The van der Waals surface area contributed by atoms with Crippen LogP contribution in [0.3, 0.4) is 0 Å². The molecule has 0 aliphatic heterocycles. The fourth-order valence-electron chi connectivity index (χ4n) is 2.80. The fraction of sp³-hybridized carbons (Fsp3) is 0.933. The third-order valence-corrected chi connectivity index (χ3v) is 4.12. The number of rotatable bonds is 9. The largest absolute Gasteiger partial charge is 0.468 e. The van der Waals surface area contributed by atoms with Crippen molar-refractivity contribution in [2.24, 2.45) is 0 Å². The molecule has 0 heterocycles. The van der Waals surface area contributed by atoms with Crippen LogP contribution in [0.5, 0.6) is 0 Å². The summed E-state index contributed by atoms with van der Waals surface area (Å²) in [6.07, 6.45) is 3.02. The maximum Gasteiger partial charge on any atom is 0.325 e. The minimum atomic E-state index is -0.608. The molecule has 0 saturated carbocycles. The lowest BCUT2D eigenvalue weighted by Gasteiger charge is -2.37. The maximum absolute atomic E-state index is 12.0. The lowest BCUT2D eigenvalue weighted by atomic mass is 9.92. The smallest absolute Gasteiger partial charge is 0.325 e. The van der Waals surface area contributed by atoms with Gasteiger partial charge in [0.15, 0.2) is 0 Å². The molecule has 0 aromatic rings. The van der Waals surface area contributed by atoms with E-state index in [0.717, 1.165) is 25.8 Å². The van der Waals surface area contributed by atoms with E-state index in [-0.39, 0.29) is 5.97 Å². The average molecular weight is 272 g/mol. The van der Waals surface area contributed by atoms with Crippen LogP contribution in [0.15, 0.2) is 0 Å². The molecule has 0 aromatic heterocycles. The van der Waals surface area contributed by atoms with E-state index in [9.17, 15) is 4.79 Å². The van der Waals surface area contributed by atoms with Crippen molar-refractivity contribution < 1.29 is 9.53 Å². The molecule has 1 N–H and O–H groups in total. The van der Waals surface area contributed by atoms with E-state index in [0.29, 0.717) is 12.1 Å². The fourth-order valence-corrected chi connectivity index (χ4v) is 2.80. The number of nitrogens with zero attached hydrogens (tertiary/aromatic N) is 1. The van der Waals surface area contributed by atoms with Gasteiger partial charge in [0.2, 0.25) is 0 Å². The highest BCUT2D eigenvalue weighted by Crippen LogP contribution is 2.20. The highest BCUT2D eigenvalue weighted by atomic mass is 16.5. The molecule has 0 rings (SSSR count). The Bertz CT molecular complexity index is 267. The summed E-state index contributed by atoms with van der Waals surface area (Å²) in [5, 5.41) is 3.27. The first-order chi connectivity index (χ1) is 8.86. The number of nitrogens with one attached hydrogen (secondary N) is 1. The van der Waals surface area contributed by atoms with Gasteiger partial charge < -0.3 is 15.0 Å². The number of esters is 1. The Morgan fingerprint density at radius 3 is 2.21 bits per heavy atom. The summed E-state index contributed by atoms with van der Waals surface area (Å²) in [5.41, 5.74) is -0.608. The zero-order valence-electron chi connectivity index (χ0n) is 13.7. The molecule has 2 atom stereocenters. The molecule has 2 unspecified atom stereocenters. The SMILES string of the molecule is CCNC(C)(CC(C)N(C)C(CC)CC)C(=O)OC. The molecule has 4 nitrogen and oxygen atoms in total. The van der Waals surface area contributed by atoms with Crippen LogP contribution in [-0.4, -0.2) is 49.2 Å². The van der Waals surface area contributed by atoms with Crippen molar-refractivity contribution in [1.29, 1.82) is 0 Å². The molecule has 0 saturated heterocycles. The molecule has 0 fully saturated rings. The highest BCUT2D eigenvalue weighted by molar-refractivity contribution is 5.80. The van der Waals surface area contributed by atoms with Crippen molar-refractivity contribution in [1.82, 2.24) is 10.2 Å². The number of likely N-dealkylation sites (N-methyl/N-ethyl adjacent to an activating group) is 1. The number of hydrogen-bond donors (Lipinski definition) is 1. The Labute approximate surface area is 118 Å². The summed E-state index contributed by atoms with van der Waals surface area (Å²) in [5.74, 6) is -0.181. The first-order valence-corrected chi connectivity index (χ1v) is 7.41. The first kappa shape index (κ1) is 18.4. The van der Waals surface area contributed by atoms with Gasteiger partial charge in [0.05, 0.1) is 7.11 Å². The van der Waals surface area contributed by atoms with Gasteiger partial charge in [-0.05, 0) is 46.7 Å². The molecule has 0 aliphatic rings. The second-order valence-electron chi connectivity index (χ2n) is 5.54. The van der Waals surface area contributed by atoms with Crippen molar-refractivity contribution in [3.05, 3.63) is 0 Å². The standard InChI is InChI=1S/C15H32N2O2/c1-8-13(9-2)17(6)12(4)11-15(5,16-10-3)14(18)19-7/h12-13,16H,8-11H2,1-7H3. The minimum absolute atomic E-state index is 0.181. The topological polar surface area (TPSA) is 41.6 Å². The first-order valence-electron chi connectivity index (χ1n) is 7.41. The summed E-state index contributed by atoms with van der Waals surface area (Å²) in [6.45, 7) is 11.3. The molecule has 0 aromatic carbocycles. The quantitative estimate of drug-likeness (QED) is 0.655. The zero-order valence-corrected chi connectivity index (χ0v) is 13.7. The second kappa shape index (κ2) is 8.54. The third kappa shape index (κ3) is 5.11. The zero-order chi connectivity index (χ0) is 15.1. The normalized spacial score (nSPS) is 16.5. The molecule has 19 heavy (non-hydrogen) atoms. The van der Waals surface area contributed by atoms with Crippen LogP contribution in [0.25, 0.3) is 0 Å². The van der Waals surface area contributed by atoms with Crippen LogP contribution in [0.2, 0.25) is 0 Å². The van der Waals surface area contributed by atoms with E-state index in [1.807, 2.05) is 13.8 Å². The van der Waals surface area contributed by atoms with Crippen molar-refractivity contribution in [2.75, 3.05) is 20.7 Å². The number of ether oxygens (including phenoxy) is 1. The molecule has 0 spiro atoms. The monoisotopic (exact) mass is 272 g/mol. The van der Waals surface area contributed by atoms with E-state index in [2.05, 4.69) is 38.0 Å². The van der Waals surface area contributed by atoms with Crippen LogP contribution < -0.4 is 5.32 Å². The van der Waals surface area contributed by atoms with Crippen LogP contribution in [0.4, 0.5) is 0 Å². The number of carbonyl (C=O) groups excluding carboxylic acids is 1. The maximum atomic E-state index is 12.0. The van der Waals surface area contributed by atoms with Crippen molar-refractivity contribution >= 4 is 5.97 Å². The van der Waals surface area contributed by atoms with Gasteiger partial charge in [0, 0.05) is 12.1 Å². The Hall–Kier alpha value is -0.610. The van der Waals surface area contributed by atoms with Gasteiger partial charge in [-0.2, -0.15) is 0 Å². The van der Waals surface area contributed by atoms with Crippen LogP contribution in [-0.2, 0) is 9.53 Å². The lowest BCUT2D eigenvalue weighted by Crippen LogP contribution is -2.54. The summed E-state index contributed by atoms with van der Waals surface area (Å²) in [4.78, 5) is 14.4. The van der Waals surface area contributed by atoms with Crippen LogP contribution in [0.1, 0.15) is 53.9 Å². The molecular weight excluding hydrogens is 240 g/mol. The summed E-state index contributed by atoms with van der Waals surface area (Å²) < 4.78 is 4.94. The average Bonchev–Trinajstić information content (AvgIpc) is 2.39. The van der Waals surface area contributed by atoms with E-state index in [4.69, 9.17) is 4.74 Å². The summed E-state index contributed by atoms with van der Waals surface area (Å²) in [6, 6.07) is 0.895.